The first-order valence-corrected chi connectivity index (χ1v) is 4.74. The Hall–Kier alpha value is -1.55. The number of nitrogens with two attached hydrogens (primary N) is 2. The Morgan fingerprint density at radius 1 is 1.47 bits per heavy atom. The summed E-state index contributed by atoms with van der Waals surface area (Å²) in [5.74, 6) is -0.446. The van der Waals surface area contributed by atoms with Crippen LogP contribution in [0.2, 0.25) is 0 Å². The van der Waals surface area contributed by atoms with Crippen molar-refractivity contribution in [2.24, 2.45) is 5.73 Å². The fourth-order valence-electron chi connectivity index (χ4n) is 1.53. The highest BCUT2D eigenvalue weighted by Crippen LogP contribution is 2.18. The van der Waals surface area contributed by atoms with Crippen LogP contribution in [0.4, 0.5) is 5.69 Å². The first kappa shape index (κ1) is 11.5. The number of ether oxygens (including phenoxy) is 1. The molecule has 0 bridgehead atoms. The zero-order chi connectivity index (χ0) is 11.4. The molecule has 4 heteroatoms. The largest absolute Gasteiger partial charge is 0.399 e. The number of amides is 1. The van der Waals surface area contributed by atoms with Crippen molar-refractivity contribution in [3.63, 3.8) is 0 Å². The quantitative estimate of drug-likeness (QED) is 0.720. The van der Waals surface area contributed by atoms with Crippen LogP contribution in [-0.4, -0.2) is 19.6 Å². The van der Waals surface area contributed by atoms with Gasteiger partial charge in [0.05, 0.1) is 6.61 Å². The van der Waals surface area contributed by atoms with E-state index in [1.807, 2.05) is 13.0 Å². The van der Waals surface area contributed by atoms with Crippen molar-refractivity contribution in [2.45, 2.75) is 13.3 Å². The molecule has 4 N–H and O–H groups in total. The predicted molar refractivity (Wildman–Crippen MR) is 59.7 cm³/mol. The second-order valence-electron chi connectivity index (χ2n) is 3.46. The Labute approximate surface area is 89.2 Å². The summed E-state index contributed by atoms with van der Waals surface area (Å²) >= 11 is 0. The molecule has 82 valence electrons. The van der Waals surface area contributed by atoms with E-state index in [1.165, 1.54) is 0 Å². The summed E-state index contributed by atoms with van der Waals surface area (Å²) in [6.45, 7) is 2.47. The molecule has 0 unspecified atom stereocenters. The van der Waals surface area contributed by atoms with Crippen molar-refractivity contribution in [3.05, 3.63) is 28.8 Å². The lowest BCUT2D eigenvalue weighted by atomic mass is 9.99. The van der Waals surface area contributed by atoms with E-state index in [0.717, 1.165) is 17.5 Å². The fourth-order valence-corrected chi connectivity index (χ4v) is 1.53. The van der Waals surface area contributed by atoms with E-state index >= 15 is 0 Å². The average Bonchev–Trinajstić information content (AvgIpc) is 2.18. The van der Waals surface area contributed by atoms with E-state index in [9.17, 15) is 4.79 Å². The molecule has 1 aromatic carbocycles. The number of methoxy groups -OCH3 is 1. The molecule has 0 aliphatic heterocycles. The molecule has 4 nitrogen and oxygen atoms in total. The lowest BCUT2D eigenvalue weighted by Gasteiger charge is -2.10. The molecule has 0 heterocycles. The van der Waals surface area contributed by atoms with Crippen molar-refractivity contribution in [3.8, 4) is 0 Å². The summed E-state index contributed by atoms with van der Waals surface area (Å²) in [6, 6.07) is 3.45. The van der Waals surface area contributed by atoms with Gasteiger partial charge in [-0.15, -0.1) is 0 Å². The van der Waals surface area contributed by atoms with E-state index in [4.69, 9.17) is 16.2 Å². The molecule has 0 saturated carbocycles. The SMILES string of the molecule is COCCc1cc(N)cc(C(N)=O)c1C. The standard InChI is InChI=1S/C11H16N2O2/c1-7-8(3-4-15-2)5-9(12)6-10(7)11(13)14/h5-6H,3-4,12H2,1-2H3,(H2,13,14). The zero-order valence-electron chi connectivity index (χ0n) is 9.04. The minimum absolute atomic E-state index is 0.446. The maximum Gasteiger partial charge on any atom is 0.249 e. The minimum Gasteiger partial charge on any atom is -0.399 e. The maximum atomic E-state index is 11.1. The molecule has 0 radical (unpaired) electrons. The van der Waals surface area contributed by atoms with Gasteiger partial charge in [-0.1, -0.05) is 0 Å². The molecular formula is C11H16N2O2. The maximum absolute atomic E-state index is 11.1. The molecule has 0 aliphatic rings. The van der Waals surface area contributed by atoms with Gasteiger partial charge in [-0.3, -0.25) is 4.79 Å². The van der Waals surface area contributed by atoms with Crippen molar-refractivity contribution in [1.82, 2.24) is 0 Å². The number of carbonyl (C=O) groups is 1. The molecule has 1 aromatic rings. The van der Waals surface area contributed by atoms with Crippen LogP contribution in [-0.2, 0) is 11.2 Å². The van der Waals surface area contributed by atoms with Gasteiger partial charge in [0.15, 0.2) is 0 Å². The van der Waals surface area contributed by atoms with Gasteiger partial charge in [0.2, 0.25) is 5.91 Å². The topological polar surface area (TPSA) is 78.3 Å². The third kappa shape index (κ3) is 2.70. The van der Waals surface area contributed by atoms with Crippen molar-refractivity contribution in [1.29, 1.82) is 0 Å². The second kappa shape index (κ2) is 4.79. The third-order valence-corrected chi connectivity index (χ3v) is 2.38. The lowest BCUT2D eigenvalue weighted by Crippen LogP contribution is -2.15. The Kier molecular flexibility index (Phi) is 3.68. The number of hydrogen-bond acceptors (Lipinski definition) is 3. The number of nitrogen functional groups attached to an aromatic ring is 1. The van der Waals surface area contributed by atoms with Crippen molar-refractivity contribution in [2.75, 3.05) is 19.5 Å². The smallest absolute Gasteiger partial charge is 0.249 e. The molecular weight excluding hydrogens is 192 g/mol. The Bertz CT molecular complexity index is 375. The summed E-state index contributed by atoms with van der Waals surface area (Å²) < 4.78 is 4.98. The molecule has 0 aromatic heterocycles. The summed E-state index contributed by atoms with van der Waals surface area (Å²) in [6.07, 6.45) is 0.730. The number of primary amides is 1. The van der Waals surface area contributed by atoms with E-state index < -0.39 is 5.91 Å². The highest BCUT2D eigenvalue weighted by molar-refractivity contribution is 5.95. The summed E-state index contributed by atoms with van der Waals surface area (Å²) in [7, 11) is 1.64. The number of rotatable bonds is 4. The molecule has 1 amide bonds. The van der Waals surface area contributed by atoms with E-state index in [1.54, 1.807) is 13.2 Å². The van der Waals surface area contributed by atoms with Crippen LogP contribution in [0.1, 0.15) is 21.5 Å². The summed E-state index contributed by atoms with van der Waals surface area (Å²) in [5.41, 5.74) is 13.9. The summed E-state index contributed by atoms with van der Waals surface area (Å²) in [5, 5.41) is 0. The van der Waals surface area contributed by atoms with Gasteiger partial charge in [0, 0.05) is 18.4 Å². The number of hydrogen-bond donors (Lipinski definition) is 2. The van der Waals surface area contributed by atoms with Gasteiger partial charge in [0.25, 0.3) is 0 Å². The molecule has 0 fully saturated rings. The number of anilines is 1. The monoisotopic (exact) mass is 208 g/mol. The Balaban J connectivity index is 3.10. The van der Waals surface area contributed by atoms with Crippen LogP contribution in [0, 0.1) is 6.92 Å². The Morgan fingerprint density at radius 3 is 2.67 bits per heavy atom. The normalized spacial score (nSPS) is 10.3. The third-order valence-electron chi connectivity index (χ3n) is 2.38. The van der Waals surface area contributed by atoms with Gasteiger partial charge in [-0.05, 0) is 36.6 Å². The van der Waals surface area contributed by atoms with Crippen molar-refractivity contribution >= 4 is 11.6 Å². The minimum atomic E-state index is -0.446. The average molecular weight is 208 g/mol. The van der Waals surface area contributed by atoms with Crippen molar-refractivity contribution < 1.29 is 9.53 Å². The molecule has 1 rings (SSSR count). The van der Waals surface area contributed by atoms with Gasteiger partial charge in [0.1, 0.15) is 0 Å². The van der Waals surface area contributed by atoms with Gasteiger partial charge < -0.3 is 16.2 Å². The van der Waals surface area contributed by atoms with E-state index in [2.05, 4.69) is 0 Å². The van der Waals surface area contributed by atoms with E-state index in [-0.39, 0.29) is 0 Å². The van der Waals surface area contributed by atoms with Crippen LogP contribution in [0.15, 0.2) is 12.1 Å². The fraction of sp³-hybridized carbons (Fsp3) is 0.364. The molecule has 0 spiro atoms. The predicted octanol–water partition coefficient (Wildman–Crippen LogP) is 0.865. The van der Waals surface area contributed by atoms with Crippen LogP contribution in [0.25, 0.3) is 0 Å². The summed E-state index contributed by atoms with van der Waals surface area (Å²) in [4.78, 5) is 11.1. The van der Waals surface area contributed by atoms with Gasteiger partial charge in [-0.2, -0.15) is 0 Å². The molecule has 15 heavy (non-hydrogen) atoms. The van der Waals surface area contributed by atoms with Crippen LogP contribution in [0.5, 0.6) is 0 Å². The van der Waals surface area contributed by atoms with Crippen LogP contribution in [0.3, 0.4) is 0 Å². The van der Waals surface area contributed by atoms with E-state index in [0.29, 0.717) is 17.9 Å². The second-order valence-corrected chi connectivity index (χ2v) is 3.46. The van der Waals surface area contributed by atoms with Crippen LogP contribution >= 0.6 is 0 Å². The lowest BCUT2D eigenvalue weighted by molar-refractivity contribution is 0.0999. The molecule has 0 saturated heterocycles. The zero-order valence-corrected chi connectivity index (χ0v) is 9.04. The van der Waals surface area contributed by atoms with Gasteiger partial charge in [-0.25, -0.2) is 0 Å². The van der Waals surface area contributed by atoms with Crippen LogP contribution < -0.4 is 11.5 Å². The number of benzene rings is 1. The first-order chi connectivity index (χ1) is 7.06. The highest BCUT2D eigenvalue weighted by atomic mass is 16.5. The highest BCUT2D eigenvalue weighted by Gasteiger charge is 2.10. The Morgan fingerprint density at radius 2 is 2.13 bits per heavy atom. The van der Waals surface area contributed by atoms with Gasteiger partial charge >= 0.3 is 0 Å². The number of carbonyl (C=O) groups excluding carboxylic acids is 1. The molecule has 0 atom stereocenters. The first-order valence-electron chi connectivity index (χ1n) is 4.74. The molecule has 0 aliphatic carbocycles.